The van der Waals surface area contributed by atoms with Gasteiger partial charge in [-0.05, 0) is 33.0 Å². The zero-order chi connectivity index (χ0) is 25.4. The fraction of sp³-hybridized carbons (Fsp3) is 0.417. The van der Waals surface area contributed by atoms with Crippen molar-refractivity contribution >= 4 is 23.6 Å². The Morgan fingerprint density at radius 2 is 2.08 bits per heavy atom. The molecule has 0 saturated heterocycles. The Labute approximate surface area is 208 Å². The average molecular weight is 494 g/mol. The summed E-state index contributed by atoms with van der Waals surface area (Å²) in [5, 5.41) is 18.7. The molecule has 5 rings (SSSR count). The van der Waals surface area contributed by atoms with Gasteiger partial charge in [-0.25, -0.2) is 14.6 Å². The Bertz CT molecular complexity index is 1420. The van der Waals surface area contributed by atoms with E-state index in [0.717, 1.165) is 22.5 Å². The molecule has 0 aromatic carbocycles. The molecule has 1 aliphatic rings. The number of hydrogen-bond donors (Lipinski definition) is 2. The first-order chi connectivity index (χ1) is 17.4. The minimum atomic E-state index is -0.154. The first kappa shape index (κ1) is 23.8. The van der Waals surface area contributed by atoms with Gasteiger partial charge in [0.15, 0.2) is 11.5 Å². The number of aromatic nitrogens is 7. The number of fused-ring (bicyclic) bond motifs is 4. The van der Waals surface area contributed by atoms with E-state index in [9.17, 15) is 5.11 Å². The summed E-state index contributed by atoms with van der Waals surface area (Å²) in [5.41, 5.74) is 10.8. The Kier molecular flexibility index (Phi) is 6.37. The average Bonchev–Trinajstić information content (AvgIpc) is 3.49. The van der Waals surface area contributed by atoms with Crippen LogP contribution in [0.15, 0.2) is 18.6 Å². The third kappa shape index (κ3) is 4.29. The van der Waals surface area contributed by atoms with Gasteiger partial charge in [-0.1, -0.05) is 0 Å². The molecule has 12 nitrogen and oxygen atoms in total. The van der Waals surface area contributed by atoms with E-state index in [-0.39, 0.29) is 12.7 Å². The number of likely N-dealkylation sites (N-methyl/N-ethyl adjacent to an activating group) is 1. The number of anilines is 1. The third-order valence-electron chi connectivity index (χ3n) is 6.09. The summed E-state index contributed by atoms with van der Waals surface area (Å²) in [5.74, 6) is 1.44. The van der Waals surface area contributed by atoms with Crippen LogP contribution in [-0.4, -0.2) is 76.8 Å². The van der Waals surface area contributed by atoms with Crippen LogP contribution in [0.1, 0.15) is 30.8 Å². The van der Waals surface area contributed by atoms with Crippen molar-refractivity contribution in [3.63, 3.8) is 0 Å². The minimum Gasteiger partial charge on any atom is -0.476 e. The number of aliphatic hydroxyl groups excluding tert-OH is 1. The molecule has 0 fully saturated rings. The lowest BCUT2D eigenvalue weighted by molar-refractivity contribution is 0.146. The highest BCUT2D eigenvalue weighted by atomic mass is 16.5. The summed E-state index contributed by atoms with van der Waals surface area (Å²) in [6.45, 7) is 5.97. The van der Waals surface area contributed by atoms with Crippen molar-refractivity contribution < 1.29 is 14.6 Å². The summed E-state index contributed by atoms with van der Waals surface area (Å²) in [6, 6.07) is 0. The molecular weight excluding hydrogens is 462 g/mol. The largest absolute Gasteiger partial charge is 0.476 e. The number of aryl methyl sites for hydroxylation is 1. The number of ether oxygens (including phenoxy) is 2. The van der Waals surface area contributed by atoms with Gasteiger partial charge in [0.1, 0.15) is 6.10 Å². The molecule has 1 atom stereocenters. The van der Waals surface area contributed by atoms with Crippen molar-refractivity contribution in [3.8, 4) is 23.0 Å². The molecule has 3 N–H and O–H groups in total. The molecule has 2 bridgehead atoms. The molecule has 190 valence electrons. The Morgan fingerprint density at radius 1 is 1.25 bits per heavy atom. The highest BCUT2D eigenvalue weighted by Crippen LogP contribution is 2.32. The maximum atomic E-state index is 9.66. The van der Waals surface area contributed by atoms with Crippen LogP contribution >= 0.6 is 0 Å². The Hall–Kier alpha value is -3.90. The van der Waals surface area contributed by atoms with Crippen molar-refractivity contribution in [3.05, 3.63) is 35.5 Å². The van der Waals surface area contributed by atoms with E-state index >= 15 is 0 Å². The van der Waals surface area contributed by atoms with Crippen LogP contribution in [-0.2, 0) is 20.1 Å². The van der Waals surface area contributed by atoms with Crippen molar-refractivity contribution in [1.82, 2.24) is 38.8 Å². The second kappa shape index (κ2) is 9.63. The fourth-order valence-corrected chi connectivity index (χ4v) is 4.52. The normalized spacial score (nSPS) is 17.3. The molecule has 12 heteroatoms. The SMILES string of the molecule is CCOc1nn(CCO)c2c1/C=C/c1cnc3c(N)nc(cn13)-c1cnn(C)c1O[C@@H](C)CN(C)C2. The van der Waals surface area contributed by atoms with E-state index in [1.165, 1.54) is 0 Å². The molecule has 1 aliphatic heterocycles. The summed E-state index contributed by atoms with van der Waals surface area (Å²) in [7, 11) is 3.86. The number of rotatable bonds is 4. The lowest BCUT2D eigenvalue weighted by atomic mass is 10.2. The number of nitrogens with two attached hydrogens (primary N) is 1. The molecular formula is C24H31N9O3. The monoisotopic (exact) mass is 493 g/mol. The maximum Gasteiger partial charge on any atom is 0.240 e. The molecule has 0 unspecified atom stereocenters. The van der Waals surface area contributed by atoms with Gasteiger partial charge in [0, 0.05) is 26.3 Å². The number of nitrogens with zero attached hydrogens (tertiary/aromatic N) is 8. The topological polar surface area (TPSA) is 134 Å². The number of imidazole rings is 1. The zero-order valence-electron chi connectivity index (χ0n) is 20.9. The number of hydrogen-bond acceptors (Lipinski definition) is 9. The van der Waals surface area contributed by atoms with Gasteiger partial charge in [0.2, 0.25) is 11.8 Å². The second-order valence-corrected chi connectivity index (χ2v) is 8.88. The molecule has 0 spiro atoms. The standard InChI is InChI=1S/C24H31N9O3/c1-5-35-23-17-7-6-16-10-26-22-21(25)28-19(13-32(16)22)18-11-27-31(4)24(18)36-15(2)12-30(3)14-20(17)33(29-23)8-9-34/h6-7,10-11,13,15,34H,5,8-9,12,14H2,1-4H3,(H2,25,28)/b7-6+/t15-/m0/s1. The number of aliphatic hydroxyl groups is 1. The molecule has 36 heavy (non-hydrogen) atoms. The highest BCUT2D eigenvalue weighted by Gasteiger charge is 2.23. The van der Waals surface area contributed by atoms with Crippen molar-refractivity contribution in [2.45, 2.75) is 33.0 Å². The minimum absolute atomic E-state index is 0.0296. The number of nitrogen functional groups attached to an aromatic ring is 1. The van der Waals surface area contributed by atoms with Crippen LogP contribution in [0.5, 0.6) is 11.8 Å². The van der Waals surface area contributed by atoms with Gasteiger partial charge in [0.25, 0.3) is 0 Å². The van der Waals surface area contributed by atoms with E-state index in [0.29, 0.717) is 55.2 Å². The molecule has 4 aromatic heterocycles. The zero-order valence-corrected chi connectivity index (χ0v) is 20.9. The Morgan fingerprint density at radius 3 is 2.86 bits per heavy atom. The fourth-order valence-electron chi connectivity index (χ4n) is 4.52. The quantitative estimate of drug-likeness (QED) is 0.435. The molecule has 0 radical (unpaired) electrons. The summed E-state index contributed by atoms with van der Waals surface area (Å²) >= 11 is 0. The van der Waals surface area contributed by atoms with Crippen LogP contribution in [0.4, 0.5) is 5.82 Å². The van der Waals surface area contributed by atoms with E-state index in [1.54, 1.807) is 21.8 Å². The van der Waals surface area contributed by atoms with Crippen LogP contribution in [0.3, 0.4) is 0 Å². The van der Waals surface area contributed by atoms with Crippen molar-refractivity contribution in [2.24, 2.45) is 7.05 Å². The second-order valence-electron chi connectivity index (χ2n) is 8.88. The smallest absolute Gasteiger partial charge is 0.240 e. The Balaban J connectivity index is 1.71. The lowest BCUT2D eigenvalue weighted by Gasteiger charge is -2.23. The predicted octanol–water partition coefficient (Wildman–Crippen LogP) is 1.68. The van der Waals surface area contributed by atoms with Crippen LogP contribution in [0.2, 0.25) is 0 Å². The van der Waals surface area contributed by atoms with Gasteiger partial charge in [-0.3, -0.25) is 14.0 Å². The third-order valence-corrected chi connectivity index (χ3v) is 6.09. The van der Waals surface area contributed by atoms with Gasteiger partial charge in [0.05, 0.1) is 60.4 Å². The van der Waals surface area contributed by atoms with E-state index in [4.69, 9.17) is 15.2 Å². The first-order valence-corrected chi connectivity index (χ1v) is 11.9. The summed E-state index contributed by atoms with van der Waals surface area (Å²) in [4.78, 5) is 11.2. The van der Waals surface area contributed by atoms with Crippen LogP contribution in [0, 0.1) is 0 Å². The van der Waals surface area contributed by atoms with Crippen molar-refractivity contribution in [1.29, 1.82) is 0 Å². The summed E-state index contributed by atoms with van der Waals surface area (Å²) in [6.07, 6.45) is 9.15. The van der Waals surface area contributed by atoms with Crippen molar-refractivity contribution in [2.75, 3.05) is 32.5 Å². The predicted molar refractivity (Wildman–Crippen MR) is 135 cm³/mol. The molecule has 0 amide bonds. The first-order valence-electron chi connectivity index (χ1n) is 11.9. The molecule has 0 aliphatic carbocycles. The highest BCUT2D eigenvalue weighted by molar-refractivity contribution is 5.76. The van der Waals surface area contributed by atoms with Crippen LogP contribution in [0.25, 0.3) is 29.1 Å². The lowest BCUT2D eigenvalue weighted by Crippen LogP contribution is -2.32. The summed E-state index contributed by atoms with van der Waals surface area (Å²) < 4.78 is 17.6. The van der Waals surface area contributed by atoms with Crippen LogP contribution < -0.4 is 15.2 Å². The van der Waals surface area contributed by atoms with E-state index in [1.807, 2.05) is 50.7 Å². The van der Waals surface area contributed by atoms with Gasteiger partial charge in [-0.15, -0.1) is 5.10 Å². The molecule has 5 heterocycles. The van der Waals surface area contributed by atoms with Gasteiger partial charge < -0.3 is 20.3 Å². The van der Waals surface area contributed by atoms with E-state index in [2.05, 4.69) is 25.1 Å². The van der Waals surface area contributed by atoms with Gasteiger partial charge >= 0.3 is 0 Å². The maximum absolute atomic E-state index is 9.66. The van der Waals surface area contributed by atoms with E-state index < -0.39 is 0 Å². The molecule has 0 saturated carbocycles. The molecule has 4 aromatic rings. The van der Waals surface area contributed by atoms with Gasteiger partial charge in [-0.2, -0.15) is 5.10 Å².